The first kappa shape index (κ1) is 22.2. The molecule has 29 heavy (non-hydrogen) atoms. The molecule has 0 unspecified atom stereocenters. The highest BCUT2D eigenvalue weighted by atomic mass is 32.2. The van der Waals surface area contributed by atoms with Gasteiger partial charge in [-0.05, 0) is 48.9 Å². The van der Waals surface area contributed by atoms with Crippen LogP contribution in [0.1, 0.15) is 16.8 Å². The predicted molar refractivity (Wildman–Crippen MR) is 110 cm³/mol. The lowest BCUT2D eigenvalue weighted by atomic mass is 10.2. The highest BCUT2D eigenvalue weighted by Gasteiger charge is 2.07. The Balaban J connectivity index is 1.53. The minimum atomic E-state index is -0.382. The standard InChI is InChI=1S/C20H22FN3O4S/c21-15-5-7-16(8-6-15)24-19(27)13-29-12-18(26)22-9-2-10-23-20(28)14-3-1-4-17(25)11-14/h1,3-8,11,25H,2,9-10,12-13H2,(H,22,26)(H,23,28)(H,24,27). The van der Waals surface area contributed by atoms with E-state index in [1.165, 1.54) is 48.2 Å². The van der Waals surface area contributed by atoms with Gasteiger partial charge >= 0.3 is 0 Å². The van der Waals surface area contributed by atoms with E-state index in [1.807, 2.05) is 0 Å². The maximum Gasteiger partial charge on any atom is 0.251 e. The summed E-state index contributed by atoms with van der Waals surface area (Å²) in [6.07, 6.45) is 0.548. The summed E-state index contributed by atoms with van der Waals surface area (Å²) >= 11 is 1.17. The van der Waals surface area contributed by atoms with Crippen LogP contribution in [0.2, 0.25) is 0 Å². The molecule has 0 bridgehead atoms. The van der Waals surface area contributed by atoms with E-state index in [2.05, 4.69) is 16.0 Å². The Morgan fingerprint density at radius 3 is 2.34 bits per heavy atom. The highest BCUT2D eigenvalue weighted by Crippen LogP contribution is 2.11. The fourth-order valence-electron chi connectivity index (χ4n) is 2.29. The van der Waals surface area contributed by atoms with Gasteiger partial charge in [0.25, 0.3) is 5.91 Å². The Morgan fingerprint density at radius 2 is 1.62 bits per heavy atom. The molecule has 0 spiro atoms. The molecule has 2 rings (SSSR count). The molecule has 9 heteroatoms. The summed E-state index contributed by atoms with van der Waals surface area (Å²) in [5, 5.41) is 17.4. The van der Waals surface area contributed by atoms with Gasteiger partial charge in [0.2, 0.25) is 11.8 Å². The van der Waals surface area contributed by atoms with E-state index in [9.17, 15) is 23.9 Å². The van der Waals surface area contributed by atoms with Crippen LogP contribution in [0.15, 0.2) is 48.5 Å². The van der Waals surface area contributed by atoms with Gasteiger partial charge in [-0.2, -0.15) is 0 Å². The van der Waals surface area contributed by atoms with Crippen molar-refractivity contribution in [3.63, 3.8) is 0 Å². The molecule has 154 valence electrons. The zero-order valence-electron chi connectivity index (χ0n) is 15.6. The number of nitrogens with one attached hydrogen (secondary N) is 3. The average molecular weight is 419 g/mol. The van der Waals surface area contributed by atoms with Crippen LogP contribution in [0.25, 0.3) is 0 Å². The Bertz CT molecular complexity index is 846. The number of carbonyl (C=O) groups excluding carboxylic acids is 3. The van der Waals surface area contributed by atoms with Gasteiger partial charge < -0.3 is 21.1 Å². The number of hydrogen-bond acceptors (Lipinski definition) is 5. The summed E-state index contributed by atoms with van der Waals surface area (Å²) in [6.45, 7) is 0.767. The van der Waals surface area contributed by atoms with E-state index in [0.29, 0.717) is 30.8 Å². The van der Waals surface area contributed by atoms with E-state index in [0.717, 1.165) is 0 Å². The Hall–Kier alpha value is -3.07. The van der Waals surface area contributed by atoms with Crippen LogP contribution in [-0.2, 0) is 9.59 Å². The van der Waals surface area contributed by atoms with Crippen LogP contribution < -0.4 is 16.0 Å². The molecule has 2 aromatic rings. The molecule has 0 saturated carbocycles. The van der Waals surface area contributed by atoms with Crippen molar-refractivity contribution in [2.24, 2.45) is 0 Å². The summed E-state index contributed by atoms with van der Waals surface area (Å²) in [7, 11) is 0. The summed E-state index contributed by atoms with van der Waals surface area (Å²) in [4.78, 5) is 35.4. The first-order chi connectivity index (χ1) is 13.9. The minimum Gasteiger partial charge on any atom is -0.508 e. The number of halogens is 1. The van der Waals surface area contributed by atoms with Crippen LogP contribution in [0.3, 0.4) is 0 Å². The molecule has 2 aromatic carbocycles. The van der Waals surface area contributed by atoms with Gasteiger partial charge in [-0.25, -0.2) is 4.39 Å². The molecule has 4 N–H and O–H groups in total. The van der Waals surface area contributed by atoms with Gasteiger partial charge in [0.15, 0.2) is 0 Å². The second-order valence-electron chi connectivity index (χ2n) is 6.06. The molecular formula is C20H22FN3O4S. The van der Waals surface area contributed by atoms with Crippen LogP contribution in [0.4, 0.5) is 10.1 Å². The number of phenols is 1. The second-order valence-corrected chi connectivity index (χ2v) is 7.04. The van der Waals surface area contributed by atoms with Crippen molar-refractivity contribution in [1.82, 2.24) is 10.6 Å². The number of rotatable bonds is 10. The lowest BCUT2D eigenvalue weighted by Crippen LogP contribution is -2.31. The number of carbonyl (C=O) groups is 3. The largest absolute Gasteiger partial charge is 0.508 e. The van der Waals surface area contributed by atoms with Crippen molar-refractivity contribution in [3.05, 3.63) is 59.9 Å². The third-order valence-electron chi connectivity index (χ3n) is 3.66. The lowest BCUT2D eigenvalue weighted by Gasteiger charge is -2.08. The molecule has 0 saturated heterocycles. The van der Waals surface area contributed by atoms with Crippen LogP contribution in [-0.4, -0.2) is 47.4 Å². The molecule has 0 heterocycles. The highest BCUT2D eigenvalue weighted by molar-refractivity contribution is 8.00. The number of hydrogen-bond donors (Lipinski definition) is 4. The molecule has 0 aliphatic heterocycles. The Labute approximate surface area is 172 Å². The summed E-state index contributed by atoms with van der Waals surface area (Å²) < 4.78 is 12.8. The monoisotopic (exact) mass is 419 g/mol. The van der Waals surface area contributed by atoms with Crippen molar-refractivity contribution < 1.29 is 23.9 Å². The topological polar surface area (TPSA) is 108 Å². The normalized spacial score (nSPS) is 10.2. The summed E-state index contributed by atoms with van der Waals surface area (Å²) in [6, 6.07) is 11.5. The minimum absolute atomic E-state index is 0.0220. The molecule has 7 nitrogen and oxygen atoms in total. The molecule has 0 fully saturated rings. The summed E-state index contributed by atoms with van der Waals surface area (Å²) in [5.41, 5.74) is 0.860. The molecule has 0 radical (unpaired) electrons. The number of thioether (sulfide) groups is 1. The van der Waals surface area contributed by atoms with Crippen LogP contribution in [0, 0.1) is 5.82 Å². The van der Waals surface area contributed by atoms with Gasteiger partial charge in [0.05, 0.1) is 11.5 Å². The zero-order chi connectivity index (χ0) is 21.1. The molecule has 0 aromatic heterocycles. The Kier molecular flexibility index (Phi) is 8.97. The summed E-state index contributed by atoms with van der Waals surface area (Å²) in [5.74, 6) is -0.901. The van der Waals surface area contributed by atoms with Crippen LogP contribution >= 0.6 is 11.8 Å². The quantitative estimate of drug-likeness (QED) is 0.442. The van der Waals surface area contributed by atoms with Gasteiger partial charge in [-0.3, -0.25) is 14.4 Å². The number of benzene rings is 2. The fourth-order valence-corrected chi connectivity index (χ4v) is 2.93. The molecule has 3 amide bonds. The second kappa shape index (κ2) is 11.7. The van der Waals surface area contributed by atoms with E-state index < -0.39 is 0 Å². The number of amides is 3. The zero-order valence-corrected chi connectivity index (χ0v) is 16.4. The smallest absolute Gasteiger partial charge is 0.251 e. The van der Waals surface area contributed by atoms with Crippen LogP contribution in [0.5, 0.6) is 5.75 Å². The Morgan fingerprint density at radius 1 is 0.931 bits per heavy atom. The van der Waals surface area contributed by atoms with Crippen molar-refractivity contribution in [3.8, 4) is 5.75 Å². The lowest BCUT2D eigenvalue weighted by molar-refractivity contribution is -0.118. The van der Waals surface area contributed by atoms with Crippen molar-refractivity contribution in [1.29, 1.82) is 0 Å². The number of anilines is 1. The van der Waals surface area contributed by atoms with Gasteiger partial charge in [0, 0.05) is 24.3 Å². The maximum absolute atomic E-state index is 12.8. The van der Waals surface area contributed by atoms with Crippen molar-refractivity contribution in [2.75, 3.05) is 29.9 Å². The molecule has 0 aliphatic rings. The van der Waals surface area contributed by atoms with E-state index in [1.54, 1.807) is 12.1 Å². The van der Waals surface area contributed by atoms with E-state index >= 15 is 0 Å². The molecule has 0 atom stereocenters. The first-order valence-electron chi connectivity index (χ1n) is 8.91. The average Bonchev–Trinajstić information content (AvgIpc) is 2.69. The SMILES string of the molecule is O=C(CSCC(=O)Nc1ccc(F)cc1)NCCCNC(=O)c1cccc(O)c1. The maximum atomic E-state index is 12.8. The molecule has 0 aliphatic carbocycles. The van der Waals surface area contributed by atoms with E-state index in [4.69, 9.17) is 0 Å². The van der Waals surface area contributed by atoms with Gasteiger partial charge in [-0.1, -0.05) is 6.07 Å². The third kappa shape index (κ3) is 8.65. The van der Waals surface area contributed by atoms with Gasteiger partial charge in [-0.15, -0.1) is 11.8 Å². The number of phenolic OH excluding ortho intramolecular Hbond substituents is 1. The first-order valence-corrected chi connectivity index (χ1v) is 10.1. The van der Waals surface area contributed by atoms with E-state index in [-0.39, 0.29) is 40.8 Å². The van der Waals surface area contributed by atoms with Crippen molar-refractivity contribution in [2.45, 2.75) is 6.42 Å². The third-order valence-corrected chi connectivity index (χ3v) is 4.60. The van der Waals surface area contributed by atoms with Gasteiger partial charge in [0.1, 0.15) is 11.6 Å². The number of aromatic hydroxyl groups is 1. The predicted octanol–water partition coefficient (Wildman–Crippen LogP) is 2.14. The van der Waals surface area contributed by atoms with Crippen molar-refractivity contribution >= 4 is 35.2 Å². The molecular weight excluding hydrogens is 397 g/mol. The fraction of sp³-hybridized carbons (Fsp3) is 0.250.